The van der Waals surface area contributed by atoms with Gasteiger partial charge in [-0.15, -0.1) is 0 Å². The zero-order chi connectivity index (χ0) is 17.8. The van der Waals surface area contributed by atoms with Crippen LogP contribution < -0.4 is 4.90 Å². The summed E-state index contributed by atoms with van der Waals surface area (Å²) in [5, 5.41) is 0. The maximum Gasteiger partial charge on any atom is 0.338 e. The molecule has 1 heterocycles. The van der Waals surface area contributed by atoms with Gasteiger partial charge >= 0.3 is 5.97 Å². The number of rotatable bonds is 4. The number of carbonyl (C=O) groups excluding carboxylic acids is 2. The molecule has 1 aliphatic rings. The summed E-state index contributed by atoms with van der Waals surface area (Å²) in [5.41, 5.74) is 1.88. The molecule has 6 heteroatoms. The second-order valence-electron chi connectivity index (χ2n) is 5.20. The van der Waals surface area contributed by atoms with Crippen molar-refractivity contribution in [1.29, 1.82) is 0 Å². The molecule has 0 N–H and O–H groups in total. The van der Waals surface area contributed by atoms with Gasteiger partial charge in [0.15, 0.2) is 4.32 Å². The van der Waals surface area contributed by atoms with Crippen LogP contribution in [-0.2, 0) is 9.53 Å². The van der Waals surface area contributed by atoms with Crippen molar-refractivity contribution in [3.8, 4) is 0 Å². The van der Waals surface area contributed by atoms with Crippen molar-refractivity contribution in [3.05, 3.63) is 70.6 Å². The van der Waals surface area contributed by atoms with Crippen molar-refractivity contribution < 1.29 is 14.3 Å². The number of thiocarbonyl (C=S) groups is 1. The highest BCUT2D eigenvalue weighted by Crippen LogP contribution is 2.36. The highest BCUT2D eigenvalue weighted by atomic mass is 32.2. The van der Waals surface area contributed by atoms with Crippen LogP contribution in [0.1, 0.15) is 22.8 Å². The minimum Gasteiger partial charge on any atom is -0.462 e. The van der Waals surface area contributed by atoms with E-state index in [-0.39, 0.29) is 5.91 Å². The summed E-state index contributed by atoms with van der Waals surface area (Å²) in [6.07, 6.45) is 1.81. The summed E-state index contributed by atoms with van der Waals surface area (Å²) in [6.45, 7) is 2.04. The molecular weight excluding hydrogens is 354 g/mol. The van der Waals surface area contributed by atoms with Crippen LogP contribution in [0.3, 0.4) is 0 Å². The molecule has 0 unspecified atom stereocenters. The number of benzene rings is 2. The molecule has 1 aliphatic heterocycles. The van der Waals surface area contributed by atoms with Crippen molar-refractivity contribution in [3.63, 3.8) is 0 Å². The van der Waals surface area contributed by atoms with E-state index < -0.39 is 5.97 Å². The lowest BCUT2D eigenvalue weighted by Gasteiger charge is -2.15. The number of ether oxygens (including phenoxy) is 1. The number of esters is 1. The molecule has 1 saturated heterocycles. The zero-order valence-electron chi connectivity index (χ0n) is 13.5. The highest BCUT2D eigenvalue weighted by Gasteiger charge is 2.33. The van der Waals surface area contributed by atoms with Gasteiger partial charge in [-0.2, -0.15) is 0 Å². The Kier molecular flexibility index (Phi) is 5.31. The molecule has 25 heavy (non-hydrogen) atoms. The standard InChI is InChI=1S/C19H15NO3S2/c1-2-23-18(22)14-9-6-10-15(12-14)20-17(21)16(25-19(20)24)11-13-7-4-3-5-8-13/h3-12H,2H2,1H3/b16-11+. The van der Waals surface area contributed by atoms with Crippen LogP contribution in [0.4, 0.5) is 5.69 Å². The number of hydrogen-bond acceptors (Lipinski definition) is 5. The van der Waals surface area contributed by atoms with Crippen LogP contribution in [0.5, 0.6) is 0 Å². The third-order valence-electron chi connectivity index (χ3n) is 3.51. The van der Waals surface area contributed by atoms with E-state index in [4.69, 9.17) is 17.0 Å². The minimum absolute atomic E-state index is 0.195. The van der Waals surface area contributed by atoms with E-state index in [1.807, 2.05) is 36.4 Å². The topological polar surface area (TPSA) is 46.6 Å². The molecule has 4 nitrogen and oxygen atoms in total. The first-order chi connectivity index (χ1) is 12.1. The average Bonchev–Trinajstić information content (AvgIpc) is 2.90. The lowest BCUT2D eigenvalue weighted by molar-refractivity contribution is -0.113. The van der Waals surface area contributed by atoms with Gasteiger partial charge in [-0.3, -0.25) is 9.69 Å². The van der Waals surface area contributed by atoms with Crippen LogP contribution in [0.15, 0.2) is 59.5 Å². The van der Waals surface area contributed by atoms with Crippen molar-refractivity contribution >= 4 is 51.9 Å². The molecule has 0 aromatic heterocycles. The van der Waals surface area contributed by atoms with Crippen molar-refractivity contribution in [1.82, 2.24) is 0 Å². The summed E-state index contributed by atoms with van der Waals surface area (Å²) in [4.78, 5) is 26.7. The normalized spacial score (nSPS) is 15.7. The number of nitrogens with zero attached hydrogens (tertiary/aromatic N) is 1. The molecule has 126 valence electrons. The Morgan fingerprint density at radius 2 is 1.96 bits per heavy atom. The SMILES string of the molecule is CCOC(=O)c1cccc(N2C(=O)/C(=C\c3ccccc3)SC2=S)c1. The predicted molar refractivity (Wildman–Crippen MR) is 104 cm³/mol. The summed E-state index contributed by atoms with van der Waals surface area (Å²) in [6, 6.07) is 16.3. The zero-order valence-corrected chi connectivity index (χ0v) is 15.1. The Morgan fingerprint density at radius 3 is 2.68 bits per heavy atom. The highest BCUT2D eigenvalue weighted by molar-refractivity contribution is 8.27. The fourth-order valence-electron chi connectivity index (χ4n) is 2.38. The largest absolute Gasteiger partial charge is 0.462 e. The molecule has 0 spiro atoms. The van der Waals surface area contributed by atoms with Crippen LogP contribution in [0.25, 0.3) is 6.08 Å². The molecule has 0 aliphatic carbocycles. The fourth-order valence-corrected chi connectivity index (χ4v) is 3.68. The third kappa shape index (κ3) is 3.81. The maximum absolute atomic E-state index is 12.8. The van der Waals surface area contributed by atoms with E-state index in [1.165, 1.54) is 16.7 Å². The Labute approximate surface area is 155 Å². The summed E-state index contributed by atoms with van der Waals surface area (Å²) in [5.74, 6) is -0.616. The molecule has 0 atom stereocenters. The Morgan fingerprint density at radius 1 is 1.20 bits per heavy atom. The van der Waals surface area contributed by atoms with E-state index in [0.29, 0.717) is 27.1 Å². The van der Waals surface area contributed by atoms with Crippen LogP contribution in [0, 0.1) is 0 Å². The molecule has 2 aromatic carbocycles. The summed E-state index contributed by atoms with van der Waals surface area (Å²) >= 11 is 6.61. The monoisotopic (exact) mass is 369 g/mol. The Bertz CT molecular complexity index is 862. The average molecular weight is 369 g/mol. The lowest BCUT2D eigenvalue weighted by atomic mass is 10.2. The maximum atomic E-state index is 12.8. The summed E-state index contributed by atoms with van der Waals surface area (Å²) in [7, 11) is 0. The van der Waals surface area contributed by atoms with Crippen LogP contribution in [-0.4, -0.2) is 22.8 Å². The van der Waals surface area contributed by atoms with E-state index in [9.17, 15) is 9.59 Å². The number of carbonyl (C=O) groups is 2. The number of anilines is 1. The smallest absolute Gasteiger partial charge is 0.338 e. The molecule has 2 aromatic rings. The number of amides is 1. The first kappa shape index (κ1) is 17.4. The number of thioether (sulfide) groups is 1. The predicted octanol–water partition coefficient (Wildman–Crippen LogP) is 4.27. The second-order valence-corrected chi connectivity index (χ2v) is 6.87. The Balaban J connectivity index is 1.90. The Hall–Kier alpha value is -2.44. The van der Waals surface area contributed by atoms with Gasteiger partial charge in [0.1, 0.15) is 0 Å². The molecule has 1 fully saturated rings. The molecule has 0 radical (unpaired) electrons. The first-order valence-corrected chi connectivity index (χ1v) is 8.93. The van der Waals surface area contributed by atoms with Crippen molar-refractivity contribution in [2.24, 2.45) is 0 Å². The van der Waals surface area contributed by atoms with Gasteiger partial charge in [0.25, 0.3) is 5.91 Å². The van der Waals surface area contributed by atoms with Gasteiger partial charge in [0, 0.05) is 0 Å². The molecular formula is C19H15NO3S2. The van der Waals surface area contributed by atoms with Crippen LogP contribution >= 0.6 is 24.0 Å². The van der Waals surface area contributed by atoms with Gasteiger partial charge in [-0.25, -0.2) is 4.79 Å². The van der Waals surface area contributed by atoms with Crippen LogP contribution in [0.2, 0.25) is 0 Å². The lowest BCUT2D eigenvalue weighted by Crippen LogP contribution is -2.27. The van der Waals surface area contributed by atoms with E-state index in [0.717, 1.165) is 5.56 Å². The van der Waals surface area contributed by atoms with Gasteiger partial charge < -0.3 is 4.74 Å². The molecule has 0 bridgehead atoms. The molecule has 0 saturated carbocycles. The van der Waals surface area contributed by atoms with E-state index >= 15 is 0 Å². The quantitative estimate of drug-likeness (QED) is 0.458. The van der Waals surface area contributed by atoms with Crippen molar-refractivity contribution in [2.75, 3.05) is 11.5 Å². The molecule has 1 amide bonds. The van der Waals surface area contributed by atoms with Crippen molar-refractivity contribution in [2.45, 2.75) is 6.92 Å². The van der Waals surface area contributed by atoms with Gasteiger partial charge in [-0.1, -0.05) is 60.4 Å². The van der Waals surface area contributed by atoms with Gasteiger partial charge in [0.05, 0.1) is 22.8 Å². The summed E-state index contributed by atoms with van der Waals surface area (Å²) < 4.78 is 5.45. The van der Waals surface area contributed by atoms with E-state index in [2.05, 4.69) is 0 Å². The third-order valence-corrected chi connectivity index (χ3v) is 4.81. The minimum atomic E-state index is -0.422. The van der Waals surface area contributed by atoms with E-state index in [1.54, 1.807) is 31.2 Å². The van der Waals surface area contributed by atoms with Gasteiger partial charge in [0.2, 0.25) is 0 Å². The fraction of sp³-hybridized carbons (Fsp3) is 0.105. The number of hydrogen-bond donors (Lipinski definition) is 0. The second kappa shape index (κ2) is 7.63. The van der Waals surface area contributed by atoms with Gasteiger partial charge in [-0.05, 0) is 36.8 Å². The molecule has 3 rings (SSSR count). The first-order valence-electron chi connectivity index (χ1n) is 7.70.